The second-order valence-corrected chi connectivity index (χ2v) is 21.3. The summed E-state index contributed by atoms with van der Waals surface area (Å²) in [6, 6.07) is 5.86. The van der Waals surface area contributed by atoms with Crippen molar-refractivity contribution in [2.75, 3.05) is 20.3 Å². The first-order valence-electron chi connectivity index (χ1n) is 17.5. The molecule has 0 aliphatic heterocycles. The number of hydrogen-bond acceptors (Lipinski definition) is 7. The molecule has 3 aromatic rings. The van der Waals surface area contributed by atoms with Crippen LogP contribution in [0.15, 0.2) is 24.4 Å². The monoisotopic (exact) mass is 696 g/mol. The number of nitrogens with one attached hydrogen (secondary N) is 2. The molecule has 2 amide bonds. The Labute approximate surface area is 290 Å². The molecule has 2 saturated carbocycles. The van der Waals surface area contributed by atoms with E-state index in [2.05, 4.69) is 30.3 Å². The first-order chi connectivity index (χ1) is 23.1. The molecule has 268 valence electrons. The summed E-state index contributed by atoms with van der Waals surface area (Å²) in [6.45, 7) is 15.7. The lowest BCUT2D eigenvalue weighted by Gasteiger charge is -2.30. The van der Waals surface area contributed by atoms with Gasteiger partial charge in [0.2, 0.25) is 0 Å². The number of methoxy groups -OCH3 is 1. The largest absolute Gasteiger partial charge is 0.494 e. The van der Waals surface area contributed by atoms with Gasteiger partial charge in [0.1, 0.15) is 23.6 Å². The predicted octanol–water partition coefficient (Wildman–Crippen LogP) is 7.83. The molecule has 0 saturated heterocycles. The number of halogens is 1. The van der Waals surface area contributed by atoms with Crippen molar-refractivity contribution in [3.05, 3.63) is 41.5 Å². The summed E-state index contributed by atoms with van der Waals surface area (Å²) in [5.74, 6) is 0.290. The van der Waals surface area contributed by atoms with Gasteiger partial charge in [0.05, 0.1) is 24.8 Å². The molecule has 10 nitrogen and oxygen atoms in total. The van der Waals surface area contributed by atoms with Crippen molar-refractivity contribution in [1.29, 1.82) is 0 Å². The van der Waals surface area contributed by atoms with Crippen LogP contribution in [0.2, 0.25) is 25.7 Å². The van der Waals surface area contributed by atoms with Crippen LogP contribution in [0.25, 0.3) is 22.2 Å². The van der Waals surface area contributed by atoms with E-state index >= 15 is 4.39 Å². The van der Waals surface area contributed by atoms with Gasteiger partial charge in [-0.25, -0.2) is 9.18 Å². The molecule has 0 atom stereocenters. The van der Waals surface area contributed by atoms with E-state index in [0.29, 0.717) is 47.0 Å². The van der Waals surface area contributed by atoms with Gasteiger partial charge in [-0.1, -0.05) is 19.6 Å². The van der Waals surface area contributed by atoms with Crippen LogP contribution in [0.3, 0.4) is 0 Å². The Hall–Kier alpha value is -3.64. The highest BCUT2D eigenvalue weighted by Crippen LogP contribution is 2.41. The first-order valence-corrected chi connectivity index (χ1v) is 21.2. The van der Waals surface area contributed by atoms with Crippen molar-refractivity contribution >= 4 is 31.1 Å². The third-order valence-corrected chi connectivity index (χ3v) is 10.8. The number of hydrogen-bond donors (Lipinski definition) is 2. The quantitative estimate of drug-likeness (QED) is 0.138. The Morgan fingerprint density at radius 3 is 2.29 bits per heavy atom. The van der Waals surface area contributed by atoms with Crippen LogP contribution in [0.1, 0.15) is 75.3 Å². The fraction of sp³-hybridized carbons (Fsp3) is 0.595. The summed E-state index contributed by atoms with van der Waals surface area (Å²) >= 11 is 0. The molecule has 0 spiro atoms. The third kappa shape index (κ3) is 9.54. The summed E-state index contributed by atoms with van der Waals surface area (Å²) in [5, 5.41) is 6.22. The molecule has 12 heteroatoms. The van der Waals surface area contributed by atoms with Crippen molar-refractivity contribution in [3.63, 3.8) is 0 Å². The maximum Gasteiger partial charge on any atom is 0.407 e. The molecule has 2 N–H and O–H groups in total. The van der Waals surface area contributed by atoms with E-state index in [-0.39, 0.29) is 30.5 Å². The van der Waals surface area contributed by atoms with Crippen LogP contribution in [0.5, 0.6) is 11.5 Å². The van der Waals surface area contributed by atoms with Crippen molar-refractivity contribution in [1.82, 2.24) is 20.2 Å². The van der Waals surface area contributed by atoms with Crippen molar-refractivity contribution in [2.24, 2.45) is 5.92 Å². The first kappa shape index (κ1) is 36.6. The smallest absolute Gasteiger partial charge is 0.407 e. The van der Waals surface area contributed by atoms with Gasteiger partial charge in [-0.15, -0.1) is 0 Å². The standard InChI is InChI=1S/C37H53FN4O6Si/c1-23-32(35(43)40-25-11-13-26(14-12-25)41-36(44)48-37(2,3)4)33-34(42(23)22-46-17-18-49(6,7)8)27(15-16-39-33)28-19-31(45-5)29(38)20-30(28)47-21-24-9-10-24/h15-16,19-20,24-26H,9-14,17-18,21-22H2,1-8H3,(H,40,43)(H,41,44). The zero-order chi connectivity index (χ0) is 35.5. The summed E-state index contributed by atoms with van der Waals surface area (Å²) < 4.78 is 40.3. The molecular weight excluding hydrogens is 644 g/mol. The second-order valence-electron chi connectivity index (χ2n) is 15.7. The molecule has 2 fully saturated rings. The number of carbonyl (C=O) groups is 2. The van der Waals surface area contributed by atoms with E-state index in [0.717, 1.165) is 55.8 Å². The number of rotatable bonds is 13. The Balaban J connectivity index is 1.45. The van der Waals surface area contributed by atoms with Crippen molar-refractivity contribution in [3.8, 4) is 22.6 Å². The number of fused-ring (bicyclic) bond motifs is 1. The van der Waals surface area contributed by atoms with Gasteiger partial charge in [-0.3, -0.25) is 9.78 Å². The van der Waals surface area contributed by atoms with Gasteiger partial charge < -0.3 is 34.1 Å². The Kier molecular flexibility index (Phi) is 11.3. The Morgan fingerprint density at radius 1 is 1.00 bits per heavy atom. The Morgan fingerprint density at radius 2 is 1.67 bits per heavy atom. The zero-order valence-corrected chi connectivity index (χ0v) is 31.3. The van der Waals surface area contributed by atoms with E-state index in [9.17, 15) is 9.59 Å². The van der Waals surface area contributed by atoms with Crippen molar-refractivity contribution < 1.29 is 32.9 Å². The van der Waals surface area contributed by atoms with Crippen LogP contribution in [0.4, 0.5) is 9.18 Å². The number of alkyl carbamates (subject to hydrolysis) is 1. The van der Waals surface area contributed by atoms with Crippen LogP contribution < -0.4 is 20.1 Å². The lowest BCUT2D eigenvalue weighted by atomic mass is 9.91. The van der Waals surface area contributed by atoms with E-state index in [4.69, 9.17) is 23.9 Å². The number of pyridine rings is 1. The summed E-state index contributed by atoms with van der Waals surface area (Å²) in [6.07, 6.45) is 6.37. The van der Waals surface area contributed by atoms with Crippen LogP contribution >= 0.6 is 0 Å². The highest BCUT2D eigenvalue weighted by atomic mass is 28.3. The lowest BCUT2D eigenvalue weighted by Crippen LogP contribution is -2.45. The highest BCUT2D eigenvalue weighted by Gasteiger charge is 2.30. The number of amides is 2. The average Bonchev–Trinajstić information content (AvgIpc) is 3.80. The van der Waals surface area contributed by atoms with E-state index < -0.39 is 25.6 Å². The van der Waals surface area contributed by atoms with Crippen LogP contribution in [-0.2, 0) is 16.2 Å². The zero-order valence-electron chi connectivity index (χ0n) is 30.3. The van der Waals surface area contributed by atoms with E-state index in [1.807, 2.05) is 38.3 Å². The lowest BCUT2D eigenvalue weighted by molar-refractivity contribution is 0.0487. The Bertz CT molecular complexity index is 1650. The average molecular weight is 697 g/mol. The molecule has 1 aromatic carbocycles. The molecule has 2 aliphatic carbocycles. The molecule has 5 rings (SSSR count). The minimum absolute atomic E-state index is 0.00628. The molecule has 2 aliphatic rings. The van der Waals surface area contributed by atoms with Gasteiger partial charge >= 0.3 is 6.09 Å². The molecule has 2 heterocycles. The van der Waals surface area contributed by atoms with Gasteiger partial charge in [0, 0.05) is 55.8 Å². The maximum absolute atomic E-state index is 15.0. The third-order valence-electron chi connectivity index (χ3n) is 9.14. The number of ether oxygens (including phenoxy) is 4. The minimum Gasteiger partial charge on any atom is -0.494 e. The second kappa shape index (κ2) is 15.1. The topological polar surface area (TPSA) is 113 Å². The molecule has 2 aromatic heterocycles. The van der Waals surface area contributed by atoms with Crippen LogP contribution in [-0.4, -0.2) is 67.6 Å². The fourth-order valence-corrected chi connectivity index (χ4v) is 6.95. The molecule has 49 heavy (non-hydrogen) atoms. The summed E-state index contributed by atoms with van der Waals surface area (Å²) in [4.78, 5) is 31.1. The number of carbonyl (C=O) groups excluding carboxylic acids is 2. The number of aromatic nitrogens is 2. The van der Waals surface area contributed by atoms with Gasteiger partial charge in [-0.2, -0.15) is 0 Å². The number of nitrogens with zero attached hydrogens (tertiary/aromatic N) is 2. The summed E-state index contributed by atoms with van der Waals surface area (Å²) in [5.41, 5.74) is 3.32. The van der Waals surface area contributed by atoms with Gasteiger partial charge in [0.15, 0.2) is 11.6 Å². The highest BCUT2D eigenvalue weighted by molar-refractivity contribution is 6.76. The van der Waals surface area contributed by atoms with E-state index in [1.54, 1.807) is 12.3 Å². The van der Waals surface area contributed by atoms with Crippen LogP contribution in [0, 0.1) is 18.7 Å². The van der Waals surface area contributed by atoms with Gasteiger partial charge in [0.25, 0.3) is 5.91 Å². The molecule has 0 bridgehead atoms. The molecular formula is C37H53FN4O6Si. The summed E-state index contributed by atoms with van der Waals surface area (Å²) in [7, 11) is 0.110. The van der Waals surface area contributed by atoms with Gasteiger partial charge in [-0.05, 0) is 90.3 Å². The minimum atomic E-state index is -1.33. The fourth-order valence-electron chi connectivity index (χ4n) is 6.20. The predicted molar refractivity (Wildman–Crippen MR) is 192 cm³/mol. The molecule has 0 unspecified atom stereocenters. The van der Waals surface area contributed by atoms with Crippen molar-refractivity contribution in [2.45, 2.75) is 116 Å². The van der Waals surface area contributed by atoms with E-state index in [1.165, 1.54) is 13.2 Å². The normalized spacial score (nSPS) is 18.3. The number of benzene rings is 1. The SMILES string of the molecule is COc1cc(-c2ccnc3c(C(=O)NC4CCC(NC(=O)OC(C)(C)C)CC4)c(C)n(COCC[Si](C)(C)C)c23)c(OCC2CC2)cc1F. The maximum atomic E-state index is 15.0. The molecule has 0 radical (unpaired) electrons.